The SMILES string of the molecule is CCc1ccc2nc(N)c(CC)cc2c1.Cl. The summed E-state index contributed by atoms with van der Waals surface area (Å²) < 4.78 is 0. The number of benzene rings is 1. The molecule has 0 saturated heterocycles. The molecule has 0 atom stereocenters. The minimum atomic E-state index is 0. The van der Waals surface area contributed by atoms with E-state index in [1.165, 1.54) is 10.9 Å². The van der Waals surface area contributed by atoms with Crippen LogP contribution >= 0.6 is 12.4 Å². The summed E-state index contributed by atoms with van der Waals surface area (Å²) in [6, 6.07) is 8.50. The molecule has 0 aliphatic carbocycles. The van der Waals surface area contributed by atoms with Gasteiger partial charge in [0, 0.05) is 5.39 Å². The topological polar surface area (TPSA) is 38.9 Å². The monoisotopic (exact) mass is 236 g/mol. The zero-order chi connectivity index (χ0) is 10.8. The Morgan fingerprint density at radius 2 is 1.88 bits per heavy atom. The Kier molecular flexibility index (Phi) is 4.13. The highest BCUT2D eigenvalue weighted by molar-refractivity contribution is 5.85. The molecule has 0 bridgehead atoms. The minimum Gasteiger partial charge on any atom is -0.383 e. The maximum Gasteiger partial charge on any atom is 0.127 e. The van der Waals surface area contributed by atoms with Crippen LogP contribution in [-0.2, 0) is 12.8 Å². The number of nitrogens with two attached hydrogens (primary N) is 1. The van der Waals surface area contributed by atoms with Crippen LogP contribution in [0.5, 0.6) is 0 Å². The molecule has 0 radical (unpaired) electrons. The fourth-order valence-corrected chi connectivity index (χ4v) is 1.79. The number of nitrogen functional groups attached to an aromatic ring is 1. The van der Waals surface area contributed by atoms with E-state index in [1.807, 2.05) is 6.07 Å². The van der Waals surface area contributed by atoms with Crippen molar-refractivity contribution in [2.75, 3.05) is 5.73 Å². The predicted octanol–water partition coefficient (Wildman–Crippen LogP) is 3.36. The Morgan fingerprint density at radius 3 is 2.50 bits per heavy atom. The van der Waals surface area contributed by atoms with E-state index in [2.05, 4.69) is 37.0 Å². The number of hydrogen-bond acceptors (Lipinski definition) is 2. The molecule has 0 amide bonds. The van der Waals surface area contributed by atoms with Crippen LogP contribution in [0.15, 0.2) is 24.3 Å². The highest BCUT2D eigenvalue weighted by Crippen LogP contribution is 2.20. The second-order valence-corrected chi connectivity index (χ2v) is 3.77. The van der Waals surface area contributed by atoms with Crippen molar-refractivity contribution in [1.29, 1.82) is 0 Å². The van der Waals surface area contributed by atoms with Crippen molar-refractivity contribution in [3.05, 3.63) is 35.4 Å². The first kappa shape index (κ1) is 12.8. The van der Waals surface area contributed by atoms with Gasteiger partial charge < -0.3 is 5.73 Å². The molecule has 0 unspecified atom stereocenters. The molecular formula is C13H17ClN2. The maximum absolute atomic E-state index is 5.86. The van der Waals surface area contributed by atoms with Gasteiger partial charge in [-0.3, -0.25) is 0 Å². The van der Waals surface area contributed by atoms with Crippen LogP contribution in [0.2, 0.25) is 0 Å². The lowest BCUT2D eigenvalue weighted by Crippen LogP contribution is -1.97. The van der Waals surface area contributed by atoms with Gasteiger partial charge in [-0.05, 0) is 42.2 Å². The minimum absolute atomic E-state index is 0. The van der Waals surface area contributed by atoms with E-state index in [4.69, 9.17) is 5.73 Å². The van der Waals surface area contributed by atoms with Gasteiger partial charge in [0.25, 0.3) is 0 Å². The smallest absolute Gasteiger partial charge is 0.127 e. The van der Waals surface area contributed by atoms with Gasteiger partial charge in [0.05, 0.1) is 5.52 Å². The molecule has 2 rings (SSSR count). The van der Waals surface area contributed by atoms with E-state index in [-0.39, 0.29) is 12.4 Å². The van der Waals surface area contributed by atoms with Crippen molar-refractivity contribution in [2.45, 2.75) is 26.7 Å². The summed E-state index contributed by atoms with van der Waals surface area (Å²) in [5.41, 5.74) is 9.32. The number of anilines is 1. The molecule has 16 heavy (non-hydrogen) atoms. The van der Waals surface area contributed by atoms with E-state index in [9.17, 15) is 0 Å². The average molecular weight is 237 g/mol. The number of pyridine rings is 1. The Morgan fingerprint density at radius 1 is 1.12 bits per heavy atom. The molecule has 1 aromatic carbocycles. The third-order valence-corrected chi connectivity index (χ3v) is 2.78. The van der Waals surface area contributed by atoms with Gasteiger partial charge in [0.15, 0.2) is 0 Å². The highest BCUT2D eigenvalue weighted by atomic mass is 35.5. The number of fused-ring (bicyclic) bond motifs is 1. The van der Waals surface area contributed by atoms with E-state index in [1.54, 1.807) is 0 Å². The molecule has 1 heterocycles. The number of aromatic nitrogens is 1. The summed E-state index contributed by atoms with van der Waals surface area (Å²) in [5, 5.41) is 1.19. The third kappa shape index (κ3) is 2.27. The number of aryl methyl sites for hydroxylation is 2. The number of rotatable bonds is 2. The fourth-order valence-electron chi connectivity index (χ4n) is 1.79. The summed E-state index contributed by atoms with van der Waals surface area (Å²) >= 11 is 0. The van der Waals surface area contributed by atoms with Gasteiger partial charge in [-0.15, -0.1) is 12.4 Å². The first-order chi connectivity index (χ1) is 7.24. The lowest BCUT2D eigenvalue weighted by Gasteiger charge is -2.06. The second-order valence-electron chi connectivity index (χ2n) is 3.77. The van der Waals surface area contributed by atoms with Crippen LogP contribution in [0.4, 0.5) is 5.82 Å². The molecule has 3 heteroatoms. The van der Waals surface area contributed by atoms with E-state index in [0.29, 0.717) is 5.82 Å². The normalized spacial score (nSPS) is 10.1. The second kappa shape index (κ2) is 5.17. The largest absolute Gasteiger partial charge is 0.383 e. The summed E-state index contributed by atoms with van der Waals surface area (Å²) in [7, 11) is 0. The van der Waals surface area contributed by atoms with Crippen LogP contribution in [0.3, 0.4) is 0 Å². The van der Waals surface area contributed by atoms with Crippen LogP contribution < -0.4 is 5.73 Å². The molecule has 0 saturated carbocycles. The molecule has 2 N–H and O–H groups in total. The number of nitrogens with zero attached hydrogens (tertiary/aromatic N) is 1. The molecule has 0 fully saturated rings. The molecule has 2 aromatic rings. The van der Waals surface area contributed by atoms with Crippen molar-refractivity contribution in [2.24, 2.45) is 0 Å². The molecule has 0 spiro atoms. The van der Waals surface area contributed by atoms with Gasteiger partial charge in [-0.1, -0.05) is 19.9 Å². The Bertz CT molecular complexity index is 495. The predicted molar refractivity (Wildman–Crippen MR) is 72.2 cm³/mol. The van der Waals surface area contributed by atoms with Crippen LogP contribution in [-0.4, -0.2) is 4.98 Å². The number of halogens is 1. The lowest BCUT2D eigenvalue weighted by atomic mass is 10.1. The van der Waals surface area contributed by atoms with Gasteiger partial charge in [0.1, 0.15) is 5.82 Å². The summed E-state index contributed by atoms with van der Waals surface area (Å²) in [6.07, 6.45) is 1.99. The van der Waals surface area contributed by atoms with Crippen LogP contribution in [0, 0.1) is 0 Å². The van der Waals surface area contributed by atoms with E-state index in [0.717, 1.165) is 23.9 Å². The molecule has 0 aliphatic rings. The highest BCUT2D eigenvalue weighted by Gasteiger charge is 2.02. The summed E-state index contributed by atoms with van der Waals surface area (Å²) in [4.78, 5) is 4.40. The van der Waals surface area contributed by atoms with Crippen LogP contribution in [0.1, 0.15) is 25.0 Å². The van der Waals surface area contributed by atoms with Gasteiger partial charge >= 0.3 is 0 Å². The molecular weight excluding hydrogens is 220 g/mol. The fraction of sp³-hybridized carbons (Fsp3) is 0.308. The quantitative estimate of drug-likeness (QED) is 0.869. The average Bonchev–Trinajstić information content (AvgIpc) is 2.27. The Balaban J connectivity index is 0.00000128. The standard InChI is InChI=1S/C13H16N2.ClH/c1-3-9-5-6-12-11(7-9)8-10(4-2)13(14)15-12;/h5-8H,3-4H2,1-2H3,(H2,14,15);1H. The molecule has 0 aliphatic heterocycles. The van der Waals surface area contributed by atoms with E-state index >= 15 is 0 Å². The van der Waals surface area contributed by atoms with Crippen molar-refractivity contribution >= 4 is 29.1 Å². The van der Waals surface area contributed by atoms with Crippen molar-refractivity contribution < 1.29 is 0 Å². The maximum atomic E-state index is 5.86. The third-order valence-electron chi connectivity index (χ3n) is 2.78. The summed E-state index contributed by atoms with van der Waals surface area (Å²) in [5.74, 6) is 0.661. The zero-order valence-electron chi connectivity index (χ0n) is 9.66. The Labute approximate surface area is 102 Å². The van der Waals surface area contributed by atoms with Crippen molar-refractivity contribution in [1.82, 2.24) is 4.98 Å². The van der Waals surface area contributed by atoms with Gasteiger partial charge in [-0.2, -0.15) is 0 Å². The number of hydrogen-bond donors (Lipinski definition) is 1. The van der Waals surface area contributed by atoms with Crippen LogP contribution in [0.25, 0.3) is 10.9 Å². The first-order valence-electron chi connectivity index (χ1n) is 5.42. The van der Waals surface area contributed by atoms with Crippen molar-refractivity contribution in [3.63, 3.8) is 0 Å². The Hall–Kier alpha value is -1.28. The zero-order valence-corrected chi connectivity index (χ0v) is 10.5. The van der Waals surface area contributed by atoms with Gasteiger partial charge in [-0.25, -0.2) is 4.98 Å². The van der Waals surface area contributed by atoms with Crippen molar-refractivity contribution in [3.8, 4) is 0 Å². The lowest BCUT2D eigenvalue weighted by molar-refractivity contribution is 1.12. The summed E-state index contributed by atoms with van der Waals surface area (Å²) in [6.45, 7) is 4.26. The molecule has 1 aromatic heterocycles. The first-order valence-corrected chi connectivity index (χ1v) is 5.42. The molecule has 86 valence electrons. The molecule has 2 nitrogen and oxygen atoms in total. The van der Waals surface area contributed by atoms with Gasteiger partial charge in [0.2, 0.25) is 0 Å². The van der Waals surface area contributed by atoms with E-state index < -0.39 is 0 Å².